The molecule has 1 saturated heterocycles. The Morgan fingerprint density at radius 2 is 1.96 bits per heavy atom. The number of hydrogen-bond donors (Lipinski definition) is 1. The first-order valence-electron chi connectivity index (χ1n) is 8.14. The molecule has 0 bridgehead atoms. The van der Waals surface area contributed by atoms with Gasteiger partial charge in [-0.1, -0.05) is 29.3 Å². The fraction of sp³-hybridized carbons (Fsp3) is 0.278. The van der Waals surface area contributed by atoms with E-state index in [0.29, 0.717) is 30.1 Å². The van der Waals surface area contributed by atoms with Crippen molar-refractivity contribution in [3.63, 3.8) is 0 Å². The number of rotatable bonds is 5. The maximum atomic E-state index is 12.0. The molecule has 1 fully saturated rings. The Morgan fingerprint density at radius 1 is 1.23 bits per heavy atom. The number of hydrogen-bond acceptors (Lipinski definition) is 4. The van der Waals surface area contributed by atoms with Crippen LogP contribution in [-0.4, -0.2) is 33.2 Å². The predicted molar refractivity (Wildman–Crippen MR) is 103 cm³/mol. The number of carbonyl (C=O) groups is 1. The molecule has 0 radical (unpaired) electrons. The zero-order valence-electron chi connectivity index (χ0n) is 14.2. The molecule has 26 heavy (non-hydrogen) atoms. The van der Waals surface area contributed by atoms with Crippen LogP contribution in [0.1, 0.15) is 12.0 Å². The van der Waals surface area contributed by atoms with Gasteiger partial charge in [0.05, 0.1) is 22.2 Å². The maximum absolute atomic E-state index is 12.0. The second-order valence-electron chi connectivity index (χ2n) is 6.06. The number of anilines is 2. The summed E-state index contributed by atoms with van der Waals surface area (Å²) >= 11 is 6.20. The van der Waals surface area contributed by atoms with E-state index in [9.17, 15) is 13.2 Å². The zero-order chi connectivity index (χ0) is 18.7. The summed E-state index contributed by atoms with van der Waals surface area (Å²) in [6.45, 7) is 2.26. The average molecular weight is 395 g/mol. The van der Waals surface area contributed by atoms with Crippen molar-refractivity contribution >= 4 is 38.9 Å². The minimum Gasteiger partial charge on any atom is -0.484 e. The van der Waals surface area contributed by atoms with Gasteiger partial charge in [0.15, 0.2) is 6.61 Å². The zero-order valence-corrected chi connectivity index (χ0v) is 15.8. The minimum atomic E-state index is -3.27. The summed E-state index contributed by atoms with van der Waals surface area (Å²) in [4.78, 5) is 12.0. The van der Waals surface area contributed by atoms with Crippen LogP contribution in [0.15, 0.2) is 42.5 Å². The van der Waals surface area contributed by atoms with Crippen molar-refractivity contribution in [2.75, 3.05) is 28.5 Å². The van der Waals surface area contributed by atoms with Crippen molar-refractivity contribution in [3.8, 4) is 5.75 Å². The van der Waals surface area contributed by atoms with E-state index >= 15 is 0 Å². The highest BCUT2D eigenvalue weighted by Crippen LogP contribution is 2.31. The molecule has 2 aromatic rings. The molecule has 0 spiro atoms. The Kier molecular flexibility index (Phi) is 5.38. The summed E-state index contributed by atoms with van der Waals surface area (Å²) in [5.41, 5.74) is 2.01. The van der Waals surface area contributed by atoms with Gasteiger partial charge in [-0.3, -0.25) is 9.10 Å². The fourth-order valence-electron chi connectivity index (χ4n) is 2.66. The third kappa shape index (κ3) is 4.28. The molecule has 1 heterocycles. The Balaban J connectivity index is 1.62. The molecule has 0 saturated carbocycles. The summed E-state index contributed by atoms with van der Waals surface area (Å²) in [6.07, 6.45) is 0.592. The van der Waals surface area contributed by atoms with Gasteiger partial charge < -0.3 is 10.1 Å². The number of nitrogens with one attached hydrogen (secondary N) is 1. The van der Waals surface area contributed by atoms with Crippen molar-refractivity contribution in [2.24, 2.45) is 0 Å². The largest absolute Gasteiger partial charge is 0.484 e. The van der Waals surface area contributed by atoms with E-state index < -0.39 is 10.0 Å². The van der Waals surface area contributed by atoms with Gasteiger partial charge in [-0.25, -0.2) is 8.42 Å². The number of nitrogens with zero attached hydrogens (tertiary/aromatic N) is 1. The van der Waals surface area contributed by atoms with E-state index in [2.05, 4.69) is 5.32 Å². The Bertz CT molecular complexity index is 913. The highest BCUT2D eigenvalue weighted by Gasteiger charge is 2.28. The third-order valence-corrected chi connectivity index (χ3v) is 6.19. The van der Waals surface area contributed by atoms with E-state index in [-0.39, 0.29) is 23.3 Å². The molecular formula is C18H19ClN2O4S. The standard InChI is InChI=1S/C18H19ClN2O4S/c1-13-3-6-15(7-4-13)25-12-18(22)20-17-8-5-14(11-16(17)19)21-9-2-10-26(21,23)24/h3-8,11H,2,9-10,12H2,1H3,(H,20,22). The SMILES string of the molecule is Cc1ccc(OCC(=O)Nc2ccc(N3CCCS3(=O)=O)cc2Cl)cc1. The van der Waals surface area contributed by atoms with Crippen LogP contribution in [0.3, 0.4) is 0 Å². The van der Waals surface area contributed by atoms with E-state index in [1.807, 2.05) is 19.1 Å². The topological polar surface area (TPSA) is 75.7 Å². The lowest BCUT2D eigenvalue weighted by atomic mass is 10.2. The summed E-state index contributed by atoms with van der Waals surface area (Å²) in [6, 6.07) is 12.1. The van der Waals surface area contributed by atoms with E-state index in [4.69, 9.17) is 16.3 Å². The van der Waals surface area contributed by atoms with Gasteiger partial charge in [-0.2, -0.15) is 0 Å². The molecule has 1 amide bonds. The third-order valence-electron chi connectivity index (χ3n) is 4.00. The van der Waals surface area contributed by atoms with Crippen LogP contribution in [-0.2, 0) is 14.8 Å². The van der Waals surface area contributed by atoms with Crippen LogP contribution >= 0.6 is 11.6 Å². The highest BCUT2D eigenvalue weighted by molar-refractivity contribution is 7.93. The maximum Gasteiger partial charge on any atom is 0.262 e. The lowest BCUT2D eigenvalue weighted by molar-refractivity contribution is -0.118. The summed E-state index contributed by atoms with van der Waals surface area (Å²) in [5, 5.41) is 2.94. The van der Waals surface area contributed by atoms with Gasteiger partial charge in [-0.05, 0) is 43.7 Å². The lowest BCUT2D eigenvalue weighted by Gasteiger charge is -2.18. The van der Waals surface area contributed by atoms with Gasteiger partial charge in [-0.15, -0.1) is 0 Å². The smallest absolute Gasteiger partial charge is 0.262 e. The van der Waals surface area contributed by atoms with Gasteiger partial charge >= 0.3 is 0 Å². The van der Waals surface area contributed by atoms with Gasteiger partial charge in [0.2, 0.25) is 10.0 Å². The number of amides is 1. The number of aryl methyl sites for hydroxylation is 1. The second kappa shape index (κ2) is 7.55. The average Bonchev–Trinajstić information content (AvgIpc) is 2.95. The lowest BCUT2D eigenvalue weighted by Crippen LogP contribution is -2.25. The molecule has 8 heteroatoms. The molecule has 0 aromatic heterocycles. The fourth-order valence-corrected chi connectivity index (χ4v) is 4.44. The van der Waals surface area contributed by atoms with Crippen LogP contribution < -0.4 is 14.4 Å². The summed E-state index contributed by atoms with van der Waals surface area (Å²) < 4.78 is 30.7. The number of ether oxygens (including phenoxy) is 1. The van der Waals surface area contributed by atoms with Gasteiger partial charge in [0, 0.05) is 6.54 Å². The number of sulfonamides is 1. The molecule has 0 aliphatic carbocycles. The van der Waals surface area contributed by atoms with Crippen LogP contribution in [0.5, 0.6) is 5.75 Å². The molecular weight excluding hydrogens is 376 g/mol. The molecule has 2 aromatic carbocycles. The Morgan fingerprint density at radius 3 is 2.58 bits per heavy atom. The van der Waals surface area contributed by atoms with Crippen molar-refractivity contribution in [1.82, 2.24) is 0 Å². The normalized spacial score (nSPS) is 15.7. The van der Waals surface area contributed by atoms with Crippen molar-refractivity contribution in [2.45, 2.75) is 13.3 Å². The van der Waals surface area contributed by atoms with E-state index in [1.165, 1.54) is 4.31 Å². The van der Waals surface area contributed by atoms with E-state index in [0.717, 1.165) is 5.56 Å². The summed E-state index contributed by atoms with van der Waals surface area (Å²) in [7, 11) is -3.27. The molecule has 0 unspecified atom stereocenters. The monoisotopic (exact) mass is 394 g/mol. The number of halogens is 1. The van der Waals surface area contributed by atoms with Crippen LogP contribution in [0.25, 0.3) is 0 Å². The molecule has 1 aliphatic heterocycles. The molecule has 6 nitrogen and oxygen atoms in total. The van der Waals surface area contributed by atoms with Gasteiger partial charge in [0.1, 0.15) is 5.75 Å². The predicted octanol–water partition coefficient (Wildman–Crippen LogP) is 3.21. The van der Waals surface area contributed by atoms with Crippen LogP contribution in [0.2, 0.25) is 5.02 Å². The molecule has 1 aliphatic rings. The quantitative estimate of drug-likeness (QED) is 0.844. The Labute approximate surface area is 157 Å². The molecule has 138 valence electrons. The number of carbonyl (C=O) groups excluding carboxylic acids is 1. The first kappa shape index (κ1) is 18.5. The van der Waals surface area contributed by atoms with Crippen molar-refractivity contribution < 1.29 is 17.9 Å². The summed E-state index contributed by atoms with van der Waals surface area (Å²) in [5.74, 6) is 0.389. The highest BCUT2D eigenvalue weighted by atomic mass is 35.5. The van der Waals surface area contributed by atoms with E-state index in [1.54, 1.807) is 30.3 Å². The minimum absolute atomic E-state index is 0.138. The number of benzene rings is 2. The van der Waals surface area contributed by atoms with Crippen LogP contribution in [0.4, 0.5) is 11.4 Å². The van der Waals surface area contributed by atoms with Crippen molar-refractivity contribution in [1.29, 1.82) is 0 Å². The van der Waals surface area contributed by atoms with Crippen molar-refractivity contribution in [3.05, 3.63) is 53.1 Å². The van der Waals surface area contributed by atoms with Crippen LogP contribution in [0, 0.1) is 6.92 Å². The molecule has 0 atom stereocenters. The molecule has 3 rings (SSSR count). The first-order valence-corrected chi connectivity index (χ1v) is 10.1. The van der Waals surface area contributed by atoms with Gasteiger partial charge in [0.25, 0.3) is 5.91 Å². The second-order valence-corrected chi connectivity index (χ2v) is 8.48. The Hall–Kier alpha value is -2.25. The first-order chi connectivity index (χ1) is 12.3. The molecule has 1 N–H and O–H groups in total.